The molecule has 0 aromatic heterocycles. The van der Waals surface area contributed by atoms with E-state index in [4.69, 9.17) is 4.74 Å². The van der Waals surface area contributed by atoms with E-state index >= 15 is 0 Å². The summed E-state index contributed by atoms with van der Waals surface area (Å²) in [5, 5.41) is 6.26. The number of hydrogen-bond acceptors (Lipinski definition) is 3. The van der Waals surface area contributed by atoms with E-state index in [2.05, 4.69) is 24.5 Å². The number of carbonyl (C=O) groups is 1. The van der Waals surface area contributed by atoms with E-state index < -0.39 is 0 Å². The maximum Gasteiger partial charge on any atom is 0.255 e. The molecule has 0 atom stereocenters. The van der Waals surface area contributed by atoms with Gasteiger partial charge in [-0.2, -0.15) is 0 Å². The van der Waals surface area contributed by atoms with Crippen LogP contribution in [0, 0.1) is 5.92 Å². The molecular weight excluding hydrogens is 288 g/mol. The largest absolute Gasteiger partial charge is 0.497 e. The van der Waals surface area contributed by atoms with Crippen molar-refractivity contribution in [2.75, 3.05) is 24.3 Å². The molecule has 2 rings (SSSR count). The van der Waals surface area contributed by atoms with Crippen LogP contribution in [0.15, 0.2) is 48.5 Å². The van der Waals surface area contributed by atoms with Crippen molar-refractivity contribution in [3.05, 3.63) is 54.1 Å². The van der Waals surface area contributed by atoms with Crippen molar-refractivity contribution in [1.29, 1.82) is 0 Å². The first-order valence-corrected chi connectivity index (χ1v) is 7.88. The van der Waals surface area contributed by atoms with Crippen LogP contribution in [-0.4, -0.2) is 19.6 Å². The summed E-state index contributed by atoms with van der Waals surface area (Å²) in [7, 11) is 1.59. The van der Waals surface area contributed by atoms with Gasteiger partial charge < -0.3 is 15.4 Å². The topological polar surface area (TPSA) is 50.4 Å². The van der Waals surface area contributed by atoms with Gasteiger partial charge in [0.15, 0.2) is 0 Å². The second kappa shape index (κ2) is 8.22. The van der Waals surface area contributed by atoms with Crippen molar-refractivity contribution in [1.82, 2.24) is 0 Å². The fourth-order valence-corrected chi connectivity index (χ4v) is 2.14. The van der Waals surface area contributed by atoms with Crippen LogP contribution < -0.4 is 15.4 Å². The lowest BCUT2D eigenvalue weighted by atomic mass is 10.1. The normalized spacial score (nSPS) is 10.4. The van der Waals surface area contributed by atoms with Crippen LogP contribution in [0.2, 0.25) is 0 Å². The third kappa shape index (κ3) is 5.33. The number of carbonyl (C=O) groups excluding carboxylic acids is 1. The summed E-state index contributed by atoms with van der Waals surface area (Å²) in [5.74, 6) is 1.20. The molecule has 0 unspecified atom stereocenters. The highest BCUT2D eigenvalue weighted by molar-refractivity contribution is 6.04. The van der Waals surface area contributed by atoms with Gasteiger partial charge in [-0.3, -0.25) is 4.79 Å². The first kappa shape index (κ1) is 16.9. The van der Waals surface area contributed by atoms with Gasteiger partial charge in [0.2, 0.25) is 0 Å². The second-order valence-corrected chi connectivity index (χ2v) is 5.87. The molecule has 4 nitrogen and oxygen atoms in total. The van der Waals surface area contributed by atoms with Crippen LogP contribution >= 0.6 is 0 Å². The SMILES string of the molecule is COc1cccc(C(=O)Nc2ccc(NCCC(C)C)cc2)c1. The molecule has 122 valence electrons. The molecule has 0 aliphatic carbocycles. The Kier molecular flexibility index (Phi) is 6.03. The highest BCUT2D eigenvalue weighted by Gasteiger charge is 2.07. The molecule has 1 amide bonds. The van der Waals surface area contributed by atoms with E-state index in [0.717, 1.165) is 24.3 Å². The molecule has 23 heavy (non-hydrogen) atoms. The van der Waals surface area contributed by atoms with Gasteiger partial charge in [-0.05, 0) is 54.8 Å². The van der Waals surface area contributed by atoms with Gasteiger partial charge in [-0.15, -0.1) is 0 Å². The molecule has 0 saturated heterocycles. The number of ether oxygens (including phenoxy) is 1. The van der Waals surface area contributed by atoms with Crippen molar-refractivity contribution in [3.8, 4) is 5.75 Å². The molecule has 2 aromatic carbocycles. The van der Waals surface area contributed by atoms with Crippen molar-refractivity contribution in [2.45, 2.75) is 20.3 Å². The third-order valence-electron chi connectivity index (χ3n) is 3.53. The van der Waals surface area contributed by atoms with Crippen LogP contribution in [0.1, 0.15) is 30.6 Å². The van der Waals surface area contributed by atoms with E-state index in [1.54, 1.807) is 25.3 Å². The summed E-state index contributed by atoms with van der Waals surface area (Å²) in [6.45, 7) is 5.37. The maximum absolute atomic E-state index is 12.2. The zero-order chi connectivity index (χ0) is 16.7. The minimum Gasteiger partial charge on any atom is -0.497 e. The Morgan fingerprint density at radius 1 is 1.09 bits per heavy atom. The van der Waals surface area contributed by atoms with Crippen molar-refractivity contribution in [2.24, 2.45) is 5.92 Å². The van der Waals surface area contributed by atoms with E-state index in [9.17, 15) is 4.79 Å². The lowest BCUT2D eigenvalue weighted by Gasteiger charge is -2.10. The van der Waals surface area contributed by atoms with Gasteiger partial charge in [-0.25, -0.2) is 0 Å². The molecule has 0 bridgehead atoms. The highest BCUT2D eigenvalue weighted by Crippen LogP contribution is 2.17. The summed E-state index contributed by atoms with van der Waals surface area (Å²) in [4.78, 5) is 12.2. The Morgan fingerprint density at radius 3 is 2.43 bits per heavy atom. The number of amides is 1. The van der Waals surface area contributed by atoms with Gasteiger partial charge in [0.1, 0.15) is 5.75 Å². The van der Waals surface area contributed by atoms with Gasteiger partial charge in [-0.1, -0.05) is 19.9 Å². The molecular formula is C19H24N2O2. The fourth-order valence-electron chi connectivity index (χ4n) is 2.14. The number of rotatable bonds is 7. The maximum atomic E-state index is 12.2. The molecule has 0 radical (unpaired) electrons. The monoisotopic (exact) mass is 312 g/mol. The standard InChI is InChI=1S/C19H24N2O2/c1-14(2)11-12-20-16-7-9-17(10-8-16)21-19(22)15-5-4-6-18(13-15)23-3/h4-10,13-14,20H,11-12H2,1-3H3,(H,21,22). The van der Waals surface area contributed by atoms with Crippen molar-refractivity contribution < 1.29 is 9.53 Å². The van der Waals surface area contributed by atoms with Crippen LogP contribution in [0.25, 0.3) is 0 Å². The Labute approximate surface area is 137 Å². The zero-order valence-corrected chi connectivity index (χ0v) is 13.9. The van der Waals surface area contributed by atoms with Crippen molar-refractivity contribution in [3.63, 3.8) is 0 Å². The number of methoxy groups -OCH3 is 1. The molecule has 2 N–H and O–H groups in total. The number of hydrogen-bond donors (Lipinski definition) is 2. The molecule has 4 heteroatoms. The molecule has 0 fully saturated rings. The first-order chi connectivity index (χ1) is 11.1. The molecule has 0 aliphatic heterocycles. The van der Waals surface area contributed by atoms with Crippen molar-refractivity contribution >= 4 is 17.3 Å². The minimum absolute atomic E-state index is 0.149. The summed E-state index contributed by atoms with van der Waals surface area (Å²) in [6, 6.07) is 14.8. The summed E-state index contributed by atoms with van der Waals surface area (Å²) in [6.07, 6.45) is 1.13. The molecule has 2 aromatic rings. The molecule has 0 heterocycles. The van der Waals surface area contributed by atoms with Gasteiger partial charge >= 0.3 is 0 Å². The van der Waals surface area contributed by atoms with E-state index in [0.29, 0.717) is 17.2 Å². The van der Waals surface area contributed by atoms with E-state index in [1.807, 2.05) is 30.3 Å². The van der Waals surface area contributed by atoms with E-state index in [-0.39, 0.29) is 5.91 Å². The predicted molar refractivity (Wildman–Crippen MR) is 95.3 cm³/mol. The second-order valence-electron chi connectivity index (χ2n) is 5.87. The first-order valence-electron chi connectivity index (χ1n) is 7.88. The van der Waals surface area contributed by atoms with Crippen LogP contribution in [-0.2, 0) is 0 Å². The fraction of sp³-hybridized carbons (Fsp3) is 0.316. The van der Waals surface area contributed by atoms with Crippen LogP contribution in [0.3, 0.4) is 0 Å². The lowest BCUT2D eigenvalue weighted by molar-refractivity contribution is 0.102. The van der Waals surface area contributed by atoms with Gasteiger partial charge in [0.25, 0.3) is 5.91 Å². The Morgan fingerprint density at radius 2 is 1.78 bits per heavy atom. The predicted octanol–water partition coefficient (Wildman–Crippen LogP) is 4.41. The quantitative estimate of drug-likeness (QED) is 0.796. The molecule has 0 spiro atoms. The third-order valence-corrected chi connectivity index (χ3v) is 3.53. The smallest absolute Gasteiger partial charge is 0.255 e. The highest BCUT2D eigenvalue weighted by atomic mass is 16.5. The summed E-state index contributed by atoms with van der Waals surface area (Å²) >= 11 is 0. The Hall–Kier alpha value is -2.49. The molecule has 0 saturated carbocycles. The minimum atomic E-state index is -0.149. The number of anilines is 2. The van der Waals surface area contributed by atoms with Crippen LogP contribution in [0.4, 0.5) is 11.4 Å². The molecule has 0 aliphatic rings. The zero-order valence-electron chi connectivity index (χ0n) is 13.9. The Balaban J connectivity index is 1.93. The average molecular weight is 312 g/mol. The number of nitrogens with one attached hydrogen (secondary N) is 2. The summed E-state index contributed by atoms with van der Waals surface area (Å²) in [5.41, 5.74) is 2.40. The van der Waals surface area contributed by atoms with Gasteiger partial charge in [0.05, 0.1) is 7.11 Å². The van der Waals surface area contributed by atoms with E-state index in [1.165, 1.54) is 0 Å². The lowest BCUT2D eigenvalue weighted by Crippen LogP contribution is -2.12. The number of benzene rings is 2. The van der Waals surface area contributed by atoms with Gasteiger partial charge in [0, 0.05) is 23.5 Å². The Bertz CT molecular complexity index is 636. The summed E-state index contributed by atoms with van der Waals surface area (Å²) < 4.78 is 5.14. The average Bonchev–Trinajstić information content (AvgIpc) is 2.56. The van der Waals surface area contributed by atoms with Crippen LogP contribution in [0.5, 0.6) is 5.75 Å².